The third-order valence-electron chi connectivity index (χ3n) is 4.12. The molecule has 0 radical (unpaired) electrons. The lowest BCUT2D eigenvalue weighted by atomic mass is 9.77. The van der Waals surface area contributed by atoms with Gasteiger partial charge in [-0.15, -0.1) is 0 Å². The van der Waals surface area contributed by atoms with Crippen LogP contribution in [0, 0.1) is 5.82 Å². The third-order valence-corrected chi connectivity index (χ3v) is 4.12. The van der Waals surface area contributed by atoms with Crippen molar-refractivity contribution in [3.05, 3.63) is 71.0 Å². The maximum atomic E-state index is 13.6. The molecule has 0 bridgehead atoms. The van der Waals surface area contributed by atoms with E-state index in [0.29, 0.717) is 11.5 Å². The molecule has 0 spiro atoms. The first kappa shape index (κ1) is 13.0. The number of ketones is 1. The van der Waals surface area contributed by atoms with Crippen LogP contribution in [-0.2, 0) is 6.42 Å². The van der Waals surface area contributed by atoms with Gasteiger partial charge in [0.15, 0.2) is 5.78 Å². The Balaban J connectivity index is 1.86. The van der Waals surface area contributed by atoms with Gasteiger partial charge in [0.05, 0.1) is 0 Å². The lowest BCUT2D eigenvalue weighted by molar-refractivity contribution is 0.0990. The molecular formula is C18H17FO. The molecule has 0 N–H and O–H groups in total. The summed E-state index contributed by atoms with van der Waals surface area (Å²) in [6.07, 6.45) is 3.69. The Labute approximate surface area is 118 Å². The van der Waals surface area contributed by atoms with Gasteiger partial charge < -0.3 is 0 Å². The largest absolute Gasteiger partial charge is 0.294 e. The molecule has 20 heavy (non-hydrogen) atoms. The van der Waals surface area contributed by atoms with E-state index < -0.39 is 0 Å². The van der Waals surface area contributed by atoms with E-state index in [1.165, 1.54) is 12.5 Å². The second kappa shape index (κ2) is 5.58. The average Bonchev–Trinajstić information content (AvgIpc) is 2.40. The Morgan fingerprint density at radius 1 is 1.05 bits per heavy atom. The van der Waals surface area contributed by atoms with E-state index in [9.17, 15) is 9.18 Å². The summed E-state index contributed by atoms with van der Waals surface area (Å²) in [6.45, 7) is 0. The molecule has 0 aromatic heterocycles. The smallest absolute Gasteiger partial charge is 0.167 e. The Morgan fingerprint density at radius 2 is 1.75 bits per heavy atom. The summed E-state index contributed by atoms with van der Waals surface area (Å²) in [5, 5.41) is 0. The van der Waals surface area contributed by atoms with Gasteiger partial charge >= 0.3 is 0 Å². The van der Waals surface area contributed by atoms with Crippen LogP contribution in [0.15, 0.2) is 48.5 Å². The minimum atomic E-state index is -0.304. The summed E-state index contributed by atoms with van der Waals surface area (Å²) < 4.78 is 13.6. The predicted octanol–water partition coefficient (Wildman–Crippen LogP) is 4.52. The summed E-state index contributed by atoms with van der Waals surface area (Å²) >= 11 is 0. The van der Waals surface area contributed by atoms with Gasteiger partial charge in [-0.25, -0.2) is 4.39 Å². The molecule has 2 heteroatoms. The normalized spacial score (nSPS) is 14.8. The molecule has 2 aromatic rings. The molecule has 0 saturated heterocycles. The van der Waals surface area contributed by atoms with Crippen LogP contribution in [0.25, 0.3) is 0 Å². The minimum Gasteiger partial charge on any atom is -0.294 e. The molecule has 1 nitrogen and oxygen atoms in total. The first-order valence-electron chi connectivity index (χ1n) is 7.11. The zero-order chi connectivity index (χ0) is 13.9. The second-order valence-corrected chi connectivity index (χ2v) is 5.41. The van der Waals surface area contributed by atoms with Gasteiger partial charge in [-0.2, -0.15) is 0 Å². The quantitative estimate of drug-likeness (QED) is 0.745. The van der Waals surface area contributed by atoms with Crippen molar-refractivity contribution in [3.8, 4) is 0 Å². The van der Waals surface area contributed by atoms with Crippen molar-refractivity contribution in [3.63, 3.8) is 0 Å². The Morgan fingerprint density at radius 3 is 2.45 bits per heavy atom. The molecule has 3 rings (SSSR count). The fourth-order valence-electron chi connectivity index (χ4n) is 2.74. The van der Waals surface area contributed by atoms with Crippen molar-refractivity contribution >= 4 is 5.78 Å². The van der Waals surface area contributed by atoms with Crippen LogP contribution in [0.4, 0.5) is 4.39 Å². The van der Waals surface area contributed by atoms with Crippen molar-refractivity contribution in [1.82, 2.24) is 0 Å². The van der Waals surface area contributed by atoms with Gasteiger partial charge in [-0.05, 0) is 36.0 Å². The molecule has 0 atom stereocenters. The Kier molecular flexibility index (Phi) is 3.64. The van der Waals surface area contributed by atoms with Crippen LogP contribution >= 0.6 is 0 Å². The molecule has 0 amide bonds. The molecule has 2 aromatic carbocycles. The monoisotopic (exact) mass is 268 g/mol. The second-order valence-electron chi connectivity index (χ2n) is 5.41. The Hall–Kier alpha value is -1.96. The average molecular weight is 268 g/mol. The molecule has 0 unspecified atom stereocenters. The van der Waals surface area contributed by atoms with Gasteiger partial charge in [0.1, 0.15) is 5.82 Å². The maximum Gasteiger partial charge on any atom is 0.167 e. The highest BCUT2D eigenvalue weighted by Crippen LogP contribution is 2.38. The summed E-state index contributed by atoms with van der Waals surface area (Å²) in [5.74, 6) is 0.218. The van der Waals surface area contributed by atoms with E-state index in [1.54, 1.807) is 18.2 Å². The molecule has 1 aliphatic carbocycles. The van der Waals surface area contributed by atoms with E-state index >= 15 is 0 Å². The number of halogens is 1. The van der Waals surface area contributed by atoms with Crippen molar-refractivity contribution in [2.45, 2.75) is 31.6 Å². The van der Waals surface area contributed by atoms with Gasteiger partial charge in [-0.3, -0.25) is 4.79 Å². The lowest BCUT2D eigenvalue weighted by Crippen LogP contribution is -2.15. The van der Waals surface area contributed by atoms with Crippen LogP contribution < -0.4 is 0 Å². The van der Waals surface area contributed by atoms with Gasteiger partial charge in [0, 0.05) is 12.0 Å². The van der Waals surface area contributed by atoms with Crippen molar-refractivity contribution < 1.29 is 9.18 Å². The number of benzene rings is 2. The van der Waals surface area contributed by atoms with E-state index in [2.05, 4.69) is 0 Å². The molecule has 1 fully saturated rings. The SMILES string of the molecule is O=C(Cc1ccccc1F)c1ccccc1C1CCC1. The number of carbonyl (C=O) groups is 1. The van der Waals surface area contributed by atoms with E-state index in [1.807, 2.05) is 24.3 Å². The third kappa shape index (κ3) is 2.51. The molecule has 1 saturated carbocycles. The highest BCUT2D eigenvalue weighted by atomic mass is 19.1. The van der Waals surface area contributed by atoms with Gasteiger partial charge in [0.2, 0.25) is 0 Å². The number of hydrogen-bond acceptors (Lipinski definition) is 1. The van der Waals surface area contributed by atoms with Crippen LogP contribution in [0.2, 0.25) is 0 Å². The van der Waals surface area contributed by atoms with Crippen molar-refractivity contribution in [2.75, 3.05) is 0 Å². The number of Topliss-reactive ketones (excluding diaryl/α,β-unsaturated/α-hetero) is 1. The maximum absolute atomic E-state index is 13.6. The number of carbonyl (C=O) groups excluding carboxylic acids is 1. The van der Waals surface area contributed by atoms with E-state index in [0.717, 1.165) is 24.0 Å². The first-order valence-corrected chi connectivity index (χ1v) is 7.11. The molecule has 0 aliphatic heterocycles. The number of rotatable bonds is 4. The first-order chi connectivity index (χ1) is 9.75. The highest BCUT2D eigenvalue weighted by molar-refractivity contribution is 5.99. The summed E-state index contributed by atoms with van der Waals surface area (Å²) in [4.78, 5) is 12.5. The molecular weight excluding hydrogens is 251 g/mol. The van der Waals surface area contributed by atoms with Gasteiger partial charge in [0.25, 0.3) is 0 Å². The van der Waals surface area contributed by atoms with Crippen LogP contribution in [0.5, 0.6) is 0 Å². The van der Waals surface area contributed by atoms with Gasteiger partial charge in [-0.1, -0.05) is 48.9 Å². The zero-order valence-electron chi connectivity index (χ0n) is 11.3. The van der Waals surface area contributed by atoms with Crippen LogP contribution in [0.3, 0.4) is 0 Å². The molecule has 1 aliphatic rings. The van der Waals surface area contributed by atoms with E-state index in [4.69, 9.17) is 0 Å². The Bertz CT molecular complexity index is 629. The minimum absolute atomic E-state index is 0.0117. The topological polar surface area (TPSA) is 17.1 Å². The number of hydrogen-bond donors (Lipinski definition) is 0. The van der Waals surface area contributed by atoms with Crippen LogP contribution in [0.1, 0.15) is 46.7 Å². The van der Waals surface area contributed by atoms with E-state index in [-0.39, 0.29) is 18.0 Å². The van der Waals surface area contributed by atoms with Crippen molar-refractivity contribution in [2.24, 2.45) is 0 Å². The summed E-state index contributed by atoms with van der Waals surface area (Å²) in [6, 6.07) is 14.3. The standard InChI is InChI=1S/C18H17FO/c19-17-11-4-1-6-14(17)12-18(20)16-10-3-2-9-15(16)13-7-5-8-13/h1-4,6,9-11,13H,5,7-8,12H2. The lowest BCUT2D eigenvalue weighted by Gasteiger charge is -2.27. The zero-order valence-corrected chi connectivity index (χ0v) is 11.3. The fourth-order valence-corrected chi connectivity index (χ4v) is 2.74. The summed E-state index contributed by atoms with van der Waals surface area (Å²) in [7, 11) is 0. The highest BCUT2D eigenvalue weighted by Gasteiger charge is 2.24. The molecule has 0 heterocycles. The van der Waals surface area contributed by atoms with Crippen molar-refractivity contribution in [1.29, 1.82) is 0 Å². The molecule has 102 valence electrons. The fraction of sp³-hybridized carbons (Fsp3) is 0.278. The predicted molar refractivity (Wildman–Crippen MR) is 77.5 cm³/mol. The summed E-state index contributed by atoms with van der Waals surface area (Å²) in [5.41, 5.74) is 2.38. The van der Waals surface area contributed by atoms with Crippen LogP contribution in [-0.4, -0.2) is 5.78 Å².